The standard InChI is InChI=1S/C8H13F3N2O.ClH/c1-13(5-3-2-4-5)7(14)6(12)8(9,10)11;/h5-6H,2-4,12H2,1H3;1H. The second-order valence-electron chi connectivity index (χ2n) is 3.55. The first kappa shape index (κ1) is 14.5. The Morgan fingerprint density at radius 1 is 1.47 bits per heavy atom. The van der Waals surface area contributed by atoms with Gasteiger partial charge in [-0.25, -0.2) is 0 Å². The third-order valence-corrected chi connectivity index (χ3v) is 2.59. The molecule has 1 fully saturated rings. The van der Waals surface area contributed by atoms with Crippen molar-refractivity contribution in [2.24, 2.45) is 5.73 Å². The van der Waals surface area contributed by atoms with Crippen LogP contribution in [0.15, 0.2) is 0 Å². The normalized spacial score (nSPS) is 18.7. The van der Waals surface area contributed by atoms with E-state index in [1.807, 2.05) is 0 Å². The van der Waals surface area contributed by atoms with Crippen LogP contribution in [0, 0.1) is 0 Å². The molecule has 90 valence electrons. The van der Waals surface area contributed by atoms with Gasteiger partial charge in [0.2, 0.25) is 5.91 Å². The monoisotopic (exact) mass is 246 g/mol. The lowest BCUT2D eigenvalue weighted by molar-refractivity contribution is -0.171. The molecule has 0 aliphatic heterocycles. The quantitative estimate of drug-likeness (QED) is 0.799. The number of nitrogens with zero attached hydrogens (tertiary/aromatic N) is 1. The lowest BCUT2D eigenvalue weighted by atomic mass is 9.91. The van der Waals surface area contributed by atoms with Crippen molar-refractivity contribution < 1.29 is 18.0 Å². The summed E-state index contributed by atoms with van der Waals surface area (Å²) < 4.78 is 36.2. The zero-order valence-corrected chi connectivity index (χ0v) is 9.07. The fourth-order valence-electron chi connectivity index (χ4n) is 1.31. The molecule has 1 amide bonds. The molecule has 0 radical (unpaired) electrons. The van der Waals surface area contributed by atoms with Crippen LogP contribution in [0.25, 0.3) is 0 Å². The molecule has 15 heavy (non-hydrogen) atoms. The van der Waals surface area contributed by atoms with Crippen LogP contribution in [0.4, 0.5) is 13.2 Å². The van der Waals surface area contributed by atoms with E-state index in [0.29, 0.717) is 0 Å². The molecule has 0 spiro atoms. The number of hydrogen-bond donors (Lipinski definition) is 1. The minimum absolute atomic E-state index is 0. The molecular weight excluding hydrogens is 233 g/mol. The van der Waals surface area contributed by atoms with Gasteiger partial charge in [0, 0.05) is 13.1 Å². The molecule has 0 aromatic rings. The van der Waals surface area contributed by atoms with Crippen molar-refractivity contribution in [1.29, 1.82) is 0 Å². The predicted molar refractivity (Wildman–Crippen MR) is 51.7 cm³/mol. The van der Waals surface area contributed by atoms with Crippen molar-refractivity contribution in [3.05, 3.63) is 0 Å². The van der Waals surface area contributed by atoms with E-state index < -0.39 is 18.1 Å². The van der Waals surface area contributed by atoms with E-state index >= 15 is 0 Å². The molecule has 1 aliphatic rings. The Morgan fingerprint density at radius 3 is 2.20 bits per heavy atom. The number of carbonyl (C=O) groups is 1. The van der Waals surface area contributed by atoms with Crippen LogP contribution in [0.2, 0.25) is 0 Å². The molecule has 1 unspecified atom stereocenters. The van der Waals surface area contributed by atoms with Gasteiger partial charge in [-0.05, 0) is 19.3 Å². The van der Waals surface area contributed by atoms with Crippen LogP contribution in [0.3, 0.4) is 0 Å². The molecule has 1 rings (SSSR count). The average molecular weight is 247 g/mol. The summed E-state index contributed by atoms with van der Waals surface area (Å²) in [6, 6.07) is -2.44. The second kappa shape index (κ2) is 5.03. The molecule has 7 heteroatoms. The fourth-order valence-corrected chi connectivity index (χ4v) is 1.31. The van der Waals surface area contributed by atoms with Crippen LogP contribution in [0.5, 0.6) is 0 Å². The van der Waals surface area contributed by atoms with Gasteiger partial charge in [0.25, 0.3) is 0 Å². The number of halogens is 4. The highest BCUT2D eigenvalue weighted by atomic mass is 35.5. The van der Waals surface area contributed by atoms with Crippen molar-refractivity contribution in [2.75, 3.05) is 7.05 Å². The summed E-state index contributed by atoms with van der Waals surface area (Å²) in [4.78, 5) is 12.3. The zero-order chi connectivity index (χ0) is 10.9. The topological polar surface area (TPSA) is 46.3 Å². The van der Waals surface area contributed by atoms with Gasteiger partial charge in [0.1, 0.15) is 0 Å². The van der Waals surface area contributed by atoms with Crippen molar-refractivity contribution in [3.63, 3.8) is 0 Å². The fraction of sp³-hybridized carbons (Fsp3) is 0.875. The van der Waals surface area contributed by atoms with Gasteiger partial charge in [-0.3, -0.25) is 4.79 Å². The van der Waals surface area contributed by atoms with E-state index in [1.54, 1.807) is 0 Å². The minimum atomic E-state index is -4.64. The van der Waals surface area contributed by atoms with Crippen LogP contribution in [-0.4, -0.2) is 36.1 Å². The van der Waals surface area contributed by atoms with Crippen LogP contribution >= 0.6 is 12.4 Å². The Hall–Kier alpha value is -0.490. The second-order valence-corrected chi connectivity index (χ2v) is 3.55. The van der Waals surface area contributed by atoms with E-state index in [-0.39, 0.29) is 18.4 Å². The van der Waals surface area contributed by atoms with Gasteiger partial charge < -0.3 is 10.6 Å². The smallest absolute Gasteiger partial charge is 0.341 e. The molecule has 1 saturated carbocycles. The SMILES string of the molecule is CN(C(=O)C(N)C(F)(F)F)C1CCC1.Cl. The highest BCUT2D eigenvalue weighted by Crippen LogP contribution is 2.26. The molecule has 0 aromatic heterocycles. The Bertz CT molecular complexity index is 230. The summed E-state index contributed by atoms with van der Waals surface area (Å²) in [6.07, 6.45) is -2.14. The number of rotatable bonds is 2. The van der Waals surface area contributed by atoms with E-state index in [0.717, 1.165) is 24.2 Å². The molecule has 0 saturated heterocycles. The summed E-state index contributed by atoms with van der Waals surface area (Å²) in [7, 11) is 1.37. The summed E-state index contributed by atoms with van der Waals surface area (Å²) >= 11 is 0. The molecule has 3 nitrogen and oxygen atoms in total. The molecule has 0 aromatic carbocycles. The van der Waals surface area contributed by atoms with Gasteiger partial charge >= 0.3 is 6.18 Å². The molecule has 1 atom stereocenters. The summed E-state index contributed by atoms with van der Waals surface area (Å²) in [6.45, 7) is 0. The van der Waals surface area contributed by atoms with Crippen molar-refractivity contribution in [2.45, 2.75) is 37.5 Å². The highest BCUT2D eigenvalue weighted by molar-refractivity contribution is 5.85. The van der Waals surface area contributed by atoms with Gasteiger partial charge in [-0.1, -0.05) is 0 Å². The van der Waals surface area contributed by atoms with Crippen LogP contribution in [0.1, 0.15) is 19.3 Å². The third kappa shape index (κ3) is 3.24. The number of amides is 1. The minimum Gasteiger partial charge on any atom is -0.341 e. The van der Waals surface area contributed by atoms with Gasteiger partial charge in [-0.15, -0.1) is 12.4 Å². The lowest BCUT2D eigenvalue weighted by Crippen LogP contribution is -2.54. The number of alkyl halides is 3. The predicted octanol–water partition coefficient (Wildman–Crippen LogP) is 1.31. The molecule has 0 bridgehead atoms. The maximum absolute atomic E-state index is 12.1. The van der Waals surface area contributed by atoms with Crippen molar-refractivity contribution in [3.8, 4) is 0 Å². The Labute approximate surface area is 92.2 Å². The van der Waals surface area contributed by atoms with Crippen molar-refractivity contribution >= 4 is 18.3 Å². The first-order valence-corrected chi connectivity index (χ1v) is 4.43. The Morgan fingerprint density at radius 2 is 1.93 bits per heavy atom. The number of hydrogen-bond acceptors (Lipinski definition) is 2. The van der Waals surface area contributed by atoms with E-state index in [9.17, 15) is 18.0 Å². The maximum Gasteiger partial charge on any atom is 0.412 e. The first-order chi connectivity index (χ1) is 6.34. The summed E-state index contributed by atoms with van der Waals surface area (Å²) in [5.41, 5.74) is 4.80. The first-order valence-electron chi connectivity index (χ1n) is 4.43. The Kier molecular flexibility index (Phi) is 4.86. The largest absolute Gasteiger partial charge is 0.412 e. The van der Waals surface area contributed by atoms with E-state index in [1.165, 1.54) is 7.05 Å². The number of likely N-dealkylation sites (N-methyl/N-ethyl adjacent to an activating group) is 1. The van der Waals surface area contributed by atoms with Gasteiger partial charge in [0.15, 0.2) is 6.04 Å². The summed E-state index contributed by atoms with van der Waals surface area (Å²) in [5.74, 6) is -1.04. The van der Waals surface area contributed by atoms with Crippen molar-refractivity contribution in [1.82, 2.24) is 4.90 Å². The van der Waals surface area contributed by atoms with Crippen LogP contribution in [-0.2, 0) is 4.79 Å². The average Bonchev–Trinajstić information content (AvgIpc) is 1.96. The van der Waals surface area contributed by atoms with Gasteiger partial charge in [-0.2, -0.15) is 13.2 Å². The van der Waals surface area contributed by atoms with E-state index in [4.69, 9.17) is 5.73 Å². The summed E-state index contributed by atoms with van der Waals surface area (Å²) in [5, 5.41) is 0. The Balaban J connectivity index is 0.00000196. The molecule has 0 heterocycles. The van der Waals surface area contributed by atoms with Crippen LogP contribution < -0.4 is 5.73 Å². The lowest BCUT2D eigenvalue weighted by Gasteiger charge is -2.36. The molecule has 2 N–H and O–H groups in total. The van der Waals surface area contributed by atoms with E-state index in [2.05, 4.69) is 0 Å². The molecule has 1 aliphatic carbocycles. The number of carbonyl (C=O) groups excluding carboxylic acids is 1. The molecular formula is C8H14ClF3N2O. The van der Waals surface area contributed by atoms with Gasteiger partial charge in [0.05, 0.1) is 0 Å². The number of nitrogens with two attached hydrogens (primary N) is 1. The highest BCUT2D eigenvalue weighted by Gasteiger charge is 2.44. The zero-order valence-electron chi connectivity index (χ0n) is 8.25. The maximum atomic E-state index is 12.1. The third-order valence-electron chi connectivity index (χ3n) is 2.59.